The number of hydrogen-bond acceptors (Lipinski definition) is 4. The molecule has 0 fully saturated rings. The topological polar surface area (TPSA) is 79.8 Å². The van der Waals surface area contributed by atoms with E-state index in [1.54, 1.807) is 30.3 Å². The van der Waals surface area contributed by atoms with Crippen LogP contribution in [0.25, 0.3) is 0 Å². The Balaban J connectivity index is 1.58. The van der Waals surface area contributed by atoms with Crippen LogP contribution in [0.4, 0.5) is 10.1 Å². The maximum Gasteiger partial charge on any atom is 0.252 e. The molecule has 1 unspecified atom stereocenters. The van der Waals surface area contributed by atoms with Gasteiger partial charge in [-0.25, -0.2) is 9.82 Å². The molecular weight excluding hydrogens is 433 g/mol. The number of hydrogen-bond donors (Lipinski definition) is 2. The highest BCUT2D eigenvalue weighted by molar-refractivity contribution is 6.31. The summed E-state index contributed by atoms with van der Waals surface area (Å²) in [6.07, 6.45) is 1.42. The maximum absolute atomic E-state index is 13.7. The van der Waals surface area contributed by atoms with Gasteiger partial charge in [-0.1, -0.05) is 54.1 Å². The van der Waals surface area contributed by atoms with Crippen molar-refractivity contribution < 1.29 is 18.7 Å². The molecule has 164 valence electrons. The van der Waals surface area contributed by atoms with Crippen LogP contribution in [0.2, 0.25) is 5.02 Å². The smallest absolute Gasteiger partial charge is 0.252 e. The molecule has 0 aliphatic carbocycles. The summed E-state index contributed by atoms with van der Waals surface area (Å²) in [7, 11) is 0. The number of carbonyl (C=O) groups is 2. The van der Waals surface area contributed by atoms with Crippen LogP contribution < -0.4 is 15.5 Å². The van der Waals surface area contributed by atoms with Gasteiger partial charge in [0, 0.05) is 16.1 Å². The predicted octanol–water partition coefficient (Wildman–Crippen LogP) is 4.78. The molecular formula is C24H21ClFN3O3. The van der Waals surface area contributed by atoms with Crippen molar-refractivity contribution in [2.45, 2.75) is 13.5 Å². The van der Waals surface area contributed by atoms with Crippen LogP contribution >= 0.6 is 11.6 Å². The van der Waals surface area contributed by atoms with E-state index in [-0.39, 0.29) is 12.3 Å². The first-order chi connectivity index (χ1) is 15.5. The van der Waals surface area contributed by atoms with Crippen LogP contribution in [0.5, 0.6) is 5.75 Å². The van der Waals surface area contributed by atoms with Gasteiger partial charge in [0.15, 0.2) is 0 Å². The summed E-state index contributed by atoms with van der Waals surface area (Å²) in [6, 6.07) is 20.2. The molecule has 0 bridgehead atoms. The quantitative estimate of drug-likeness (QED) is 0.292. The summed E-state index contributed by atoms with van der Waals surface area (Å²) >= 11 is 6.16. The average molecular weight is 454 g/mol. The molecule has 0 spiro atoms. The van der Waals surface area contributed by atoms with Gasteiger partial charge < -0.3 is 10.1 Å². The SMILES string of the molecule is CC(C(=O)NN=Cc1ccccc1OCc1ccccc1Cl)C(=O)Nc1ccccc1F. The number of anilines is 1. The molecule has 0 aliphatic rings. The normalized spacial score (nSPS) is 11.7. The Morgan fingerprint density at radius 2 is 1.72 bits per heavy atom. The fraction of sp³-hybridized carbons (Fsp3) is 0.125. The molecule has 6 nitrogen and oxygen atoms in total. The molecule has 0 saturated carbocycles. The Bertz CT molecular complexity index is 1140. The van der Waals surface area contributed by atoms with Crippen molar-refractivity contribution in [2.75, 3.05) is 5.32 Å². The first-order valence-electron chi connectivity index (χ1n) is 9.79. The van der Waals surface area contributed by atoms with Gasteiger partial charge in [-0.15, -0.1) is 0 Å². The van der Waals surface area contributed by atoms with E-state index in [4.69, 9.17) is 16.3 Å². The highest BCUT2D eigenvalue weighted by Crippen LogP contribution is 2.21. The number of hydrazone groups is 1. The number of ether oxygens (including phenoxy) is 1. The number of amides is 2. The first kappa shape index (κ1) is 23.0. The van der Waals surface area contributed by atoms with E-state index in [1.165, 1.54) is 31.3 Å². The summed E-state index contributed by atoms with van der Waals surface area (Å²) in [6.45, 7) is 1.67. The minimum absolute atomic E-state index is 0.00486. The number of rotatable bonds is 8. The van der Waals surface area contributed by atoms with Crippen LogP contribution in [0.3, 0.4) is 0 Å². The maximum atomic E-state index is 13.7. The van der Waals surface area contributed by atoms with Crippen molar-refractivity contribution in [3.63, 3.8) is 0 Å². The van der Waals surface area contributed by atoms with Gasteiger partial charge in [0.25, 0.3) is 5.91 Å². The third-order valence-electron chi connectivity index (χ3n) is 4.56. The van der Waals surface area contributed by atoms with Crippen molar-refractivity contribution >= 4 is 35.3 Å². The lowest BCUT2D eigenvalue weighted by molar-refractivity contribution is -0.131. The molecule has 1 atom stereocenters. The van der Waals surface area contributed by atoms with Crippen LogP contribution in [0, 0.1) is 11.7 Å². The van der Waals surface area contributed by atoms with E-state index in [2.05, 4.69) is 15.8 Å². The van der Waals surface area contributed by atoms with Gasteiger partial charge in [-0.05, 0) is 37.3 Å². The molecule has 0 radical (unpaired) electrons. The zero-order valence-electron chi connectivity index (χ0n) is 17.2. The average Bonchev–Trinajstić information content (AvgIpc) is 2.80. The molecule has 32 heavy (non-hydrogen) atoms. The van der Waals surface area contributed by atoms with E-state index >= 15 is 0 Å². The molecule has 0 aliphatic heterocycles. The minimum atomic E-state index is -1.08. The summed E-state index contributed by atoms with van der Waals surface area (Å²) < 4.78 is 19.5. The summed E-state index contributed by atoms with van der Waals surface area (Å²) in [5, 5.41) is 6.91. The third kappa shape index (κ3) is 6.15. The predicted molar refractivity (Wildman–Crippen MR) is 122 cm³/mol. The summed E-state index contributed by atoms with van der Waals surface area (Å²) in [4.78, 5) is 24.5. The zero-order chi connectivity index (χ0) is 22.9. The van der Waals surface area contributed by atoms with Crippen LogP contribution in [0.1, 0.15) is 18.1 Å². The second-order valence-corrected chi connectivity index (χ2v) is 7.25. The Morgan fingerprint density at radius 3 is 2.50 bits per heavy atom. The monoisotopic (exact) mass is 453 g/mol. The highest BCUT2D eigenvalue weighted by Gasteiger charge is 2.22. The van der Waals surface area contributed by atoms with Crippen molar-refractivity contribution in [3.05, 3.63) is 94.8 Å². The lowest BCUT2D eigenvalue weighted by Gasteiger charge is -2.12. The molecule has 3 rings (SSSR count). The number of nitrogens with one attached hydrogen (secondary N) is 2. The van der Waals surface area contributed by atoms with Crippen molar-refractivity contribution in [3.8, 4) is 5.75 Å². The number of para-hydroxylation sites is 2. The van der Waals surface area contributed by atoms with E-state index in [0.29, 0.717) is 16.3 Å². The van der Waals surface area contributed by atoms with E-state index < -0.39 is 23.5 Å². The van der Waals surface area contributed by atoms with Crippen molar-refractivity contribution in [2.24, 2.45) is 11.0 Å². The minimum Gasteiger partial charge on any atom is -0.488 e. The second-order valence-electron chi connectivity index (χ2n) is 6.84. The van der Waals surface area contributed by atoms with Gasteiger partial charge in [-0.2, -0.15) is 5.10 Å². The summed E-state index contributed by atoms with van der Waals surface area (Å²) in [5.74, 6) is -2.40. The van der Waals surface area contributed by atoms with E-state index in [1.807, 2.05) is 24.3 Å². The summed E-state index contributed by atoms with van der Waals surface area (Å²) in [5.41, 5.74) is 3.79. The third-order valence-corrected chi connectivity index (χ3v) is 4.93. The largest absolute Gasteiger partial charge is 0.488 e. The number of halogens is 2. The zero-order valence-corrected chi connectivity index (χ0v) is 18.0. The Hall–Kier alpha value is -3.71. The number of benzene rings is 3. The van der Waals surface area contributed by atoms with Crippen LogP contribution in [-0.4, -0.2) is 18.0 Å². The van der Waals surface area contributed by atoms with Crippen LogP contribution in [-0.2, 0) is 16.2 Å². The fourth-order valence-electron chi connectivity index (χ4n) is 2.67. The molecule has 8 heteroatoms. The second kappa shape index (κ2) is 11.1. The first-order valence-corrected chi connectivity index (χ1v) is 10.2. The lowest BCUT2D eigenvalue weighted by Crippen LogP contribution is -2.34. The van der Waals surface area contributed by atoms with E-state index in [9.17, 15) is 14.0 Å². The fourth-order valence-corrected chi connectivity index (χ4v) is 2.86. The van der Waals surface area contributed by atoms with Crippen molar-refractivity contribution in [1.29, 1.82) is 0 Å². The molecule has 3 aromatic carbocycles. The molecule has 0 saturated heterocycles. The van der Waals surface area contributed by atoms with Gasteiger partial charge in [0.05, 0.1) is 11.9 Å². The van der Waals surface area contributed by atoms with Gasteiger partial charge in [0.1, 0.15) is 24.1 Å². The molecule has 0 heterocycles. The molecule has 0 aromatic heterocycles. The van der Waals surface area contributed by atoms with Gasteiger partial charge in [0.2, 0.25) is 5.91 Å². The Kier molecular flexibility index (Phi) is 7.94. The Morgan fingerprint density at radius 1 is 1.03 bits per heavy atom. The van der Waals surface area contributed by atoms with Gasteiger partial charge >= 0.3 is 0 Å². The molecule has 2 amide bonds. The Labute approximate surface area is 190 Å². The lowest BCUT2D eigenvalue weighted by atomic mass is 10.1. The number of nitrogens with zero attached hydrogens (tertiary/aromatic N) is 1. The van der Waals surface area contributed by atoms with Crippen molar-refractivity contribution in [1.82, 2.24) is 5.43 Å². The van der Waals surface area contributed by atoms with E-state index in [0.717, 1.165) is 5.56 Å². The molecule has 3 aromatic rings. The highest BCUT2D eigenvalue weighted by atomic mass is 35.5. The standard InChI is InChI=1S/C24H21ClFN3O3/c1-16(23(30)28-21-12-6-5-11-20(21)26)24(31)29-27-14-17-8-3-7-13-22(17)32-15-18-9-2-4-10-19(18)25/h2-14,16H,15H2,1H3,(H,28,30)(H,29,31). The molecule has 2 N–H and O–H groups in total. The number of carbonyl (C=O) groups excluding carboxylic acids is 2. The van der Waals surface area contributed by atoms with Crippen LogP contribution in [0.15, 0.2) is 77.9 Å². The van der Waals surface area contributed by atoms with Gasteiger partial charge in [-0.3, -0.25) is 9.59 Å².